The van der Waals surface area contributed by atoms with E-state index in [-0.39, 0.29) is 31.4 Å². The fraction of sp³-hybridized carbons (Fsp3) is 0.533. The third-order valence-corrected chi connectivity index (χ3v) is 4.47. The molecule has 2 rings (SSSR count). The molecular formula is C15H20ClF3N2OS. The molecule has 3 nitrogen and oxygen atoms in total. The van der Waals surface area contributed by atoms with Crippen molar-refractivity contribution in [3.8, 4) is 0 Å². The van der Waals surface area contributed by atoms with Crippen LogP contribution in [0.1, 0.15) is 6.42 Å². The minimum absolute atomic E-state index is 0. The minimum Gasteiger partial charge on any atom is -0.340 e. The van der Waals surface area contributed by atoms with Crippen molar-refractivity contribution in [1.29, 1.82) is 0 Å². The first-order chi connectivity index (χ1) is 10.4. The lowest BCUT2D eigenvalue weighted by molar-refractivity contribution is -0.151. The molecule has 0 radical (unpaired) electrons. The molecule has 1 saturated heterocycles. The Morgan fingerprint density at radius 1 is 1.09 bits per heavy atom. The first kappa shape index (κ1) is 20.1. The quantitative estimate of drug-likeness (QED) is 0.745. The van der Waals surface area contributed by atoms with Gasteiger partial charge in [-0.1, -0.05) is 18.2 Å². The molecule has 0 saturated carbocycles. The van der Waals surface area contributed by atoms with E-state index in [1.165, 1.54) is 4.90 Å². The van der Waals surface area contributed by atoms with Gasteiger partial charge in [-0.05, 0) is 12.1 Å². The van der Waals surface area contributed by atoms with Gasteiger partial charge < -0.3 is 4.90 Å². The molecule has 1 aromatic carbocycles. The van der Waals surface area contributed by atoms with E-state index in [2.05, 4.69) is 0 Å². The number of rotatable bonds is 5. The molecule has 1 aliphatic rings. The lowest BCUT2D eigenvalue weighted by Gasteiger charge is -2.35. The number of carbonyl (C=O) groups is 1. The molecule has 0 bridgehead atoms. The normalized spacial score (nSPS) is 16.0. The largest absolute Gasteiger partial charge is 0.401 e. The summed E-state index contributed by atoms with van der Waals surface area (Å²) in [7, 11) is 0. The highest BCUT2D eigenvalue weighted by molar-refractivity contribution is 7.99. The number of piperazine rings is 1. The summed E-state index contributed by atoms with van der Waals surface area (Å²) < 4.78 is 36.9. The van der Waals surface area contributed by atoms with E-state index in [9.17, 15) is 18.0 Å². The van der Waals surface area contributed by atoms with Crippen LogP contribution in [0, 0.1) is 0 Å². The van der Waals surface area contributed by atoms with Crippen molar-refractivity contribution in [1.82, 2.24) is 9.80 Å². The van der Waals surface area contributed by atoms with Crippen molar-refractivity contribution in [3.05, 3.63) is 30.3 Å². The van der Waals surface area contributed by atoms with Crippen molar-refractivity contribution in [3.63, 3.8) is 0 Å². The Hall–Kier alpha value is -0.920. The molecule has 23 heavy (non-hydrogen) atoms. The number of alkyl halides is 3. The molecule has 8 heteroatoms. The van der Waals surface area contributed by atoms with E-state index >= 15 is 0 Å². The summed E-state index contributed by atoms with van der Waals surface area (Å²) in [6, 6.07) is 9.82. The van der Waals surface area contributed by atoms with Gasteiger partial charge in [0.05, 0.1) is 6.54 Å². The molecule has 1 fully saturated rings. The van der Waals surface area contributed by atoms with Gasteiger partial charge in [-0.25, -0.2) is 0 Å². The zero-order valence-electron chi connectivity index (χ0n) is 12.6. The summed E-state index contributed by atoms with van der Waals surface area (Å²) >= 11 is 1.61. The Morgan fingerprint density at radius 3 is 2.26 bits per heavy atom. The Bertz CT molecular complexity index is 479. The zero-order valence-corrected chi connectivity index (χ0v) is 14.2. The molecule has 0 aliphatic carbocycles. The predicted molar refractivity (Wildman–Crippen MR) is 88.1 cm³/mol. The number of nitrogens with zero attached hydrogens (tertiary/aromatic N) is 2. The van der Waals surface area contributed by atoms with Crippen LogP contribution in [0.5, 0.6) is 0 Å². The maximum Gasteiger partial charge on any atom is 0.401 e. The van der Waals surface area contributed by atoms with Gasteiger partial charge in [0, 0.05) is 43.2 Å². The smallest absolute Gasteiger partial charge is 0.340 e. The van der Waals surface area contributed by atoms with Crippen molar-refractivity contribution in [2.45, 2.75) is 17.5 Å². The second-order valence-electron chi connectivity index (χ2n) is 5.18. The summed E-state index contributed by atoms with van der Waals surface area (Å²) in [5, 5.41) is 0. The van der Waals surface area contributed by atoms with Gasteiger partial charge in [0.1, 0.15) is 0 Å². The number of hydrogen-bond acceptors (Lipinski definition) is 3. The summed E-state index contributed by atoms with van der Waals surface area (Å²) in [5.41, 5.74) is 0. The fourth-order valence-corrected chi connectivity index (χ4v) is 3.20. The molecule has 1 aliphatic heterocycles. The van der Waals surface area contributed by atoms with Gasteiger partial charge in [-0.15, -0.1) is 24.2 Å². The first-order valence-electron chi connectivity index (χ1n) is 7.19. The molecule has 130 valence electrons. The molecule has 1 heterocycles. The zero-order chi connectivity index (χ0) is 16.0. The summed E-state index contributed by atoms with van der Waals surface area (Å²) in [4.78, 5) is 16.2. The Morgan fingerprint density at radius 2 is 1.70 bits per heavy atom. The van der Waals surface area contributed by atoms with Gasteiger partial charge in [0.25, 0.3) is 0 Å². The van der Waals surface area contributed by atoms with Crippen molar-refractivity contribution in [2.75, 3.05) is 38.5 Å². The van der Waals surface area contributed by atoms with E-state index in [0.29, 0.717) is 25.3 Å². The Balaban J connectivity index is 0.00000264. The second kappa shape index (κ2) is 9.39. The number of thioether (sulfide) groups is 1. The Labute approximate surface area is 144 Å². The number of benzene rings is 1. The van der Waals surface area contributed by atoms with Crippen LogP contribution in [0.4, 0.5) is 13.2 Å². The molecule has 0 unspecified atom stereocenters. The van der Waals surface area contributed by atoms with Crippen molar-refractivity contribution >= 4 is 30.1 Å². The van der Waals surface area contributed by atoms with Crippen LogP contribution >= 0.6 is 24.2 Å². The number of carbonyl (C=O) groups excluding carboxylic acids is 1. The lowest BCUT2D eigenvalue weighted by atomic mass is 10.3. The molecular weight excluding hydrogens is 349 g/mol. The second-order valence-corrected chi connectivity index (χ2v) is 6.35. The molecule has 1 aromatic rings. The average molecular weight is 369 g/mol. The average Bonchev–Trinajstić information content (AvgIpc) is 2.47. The van der Waals surface area contributed by atoms with Crippen LogP contribution in [0.25, 0.3) is 0 Å². The standard InChI is InChI=1S/C15H19F3N2OS.ClH/c16-15(17,18)12-19-7-9-20(10-8-19)14(21)6-11-22-13-4-2-1-3-5-13;/h1-5H,6-12H2;1H. The first-order valence-corrected chi connectivity index (χ1v) is 8.17. The molecule has 0 N–H and O–H groups in total. The number of halogens is 4. The SMILES string of the molecule is Cl.O=C(CCSc1ccccc1)N1CCN(CC(F)(F)F)CC1. The maximum atomic E-state index is 12.3. The van der Waals surface area contributed by atoms with Gasteiger partial charge in [0.2, 0.25) is 5.91 Å². The highest BCUT2D eigenvalue weighted by atomic mass is 35.5. The van der Waals surface area contributed by atoms with Crippen molar-refractivity contribution < 1.29 is 18.0 Å². The van der Waals surface area contributed by atoms with Gasteiger partial charge in [-0.3, -0.25) is 9.69 Å². The predicted octanol–water partition coefficient (Wildman–Crippen LogP) is 3.30. The van der Waals surface area contributed by atoms with Gasteiger partial charge in [-0.2, -0.15) is 13.2 Å². The highest BCUT2D eigenvalue weighted by Gasteiger charge is 2.32. The molecule has 1 amide bonds. The Kier molecular flexibility index (Phi) is 8.22. The summed E-state index contributed by atoms with van der Waals surface area (Å²) in [6.45, 7) is 0.447. The lowest BCUT2D eigenvalue weighted by Crippen LogP contribution is -2.50. The maximum absolute atomic E-state index is 12.3. The van der Waals surface area contributed by atoms with Crippen LogP contribution in [0.2, 0.25) is 0 Å². The highest BCUT2D eigenvalue weighted by Crippen LogP contribution is 2.19. The van der Waals surface area contributed by atoms with Crippen LogP contribution in [-0.2, 0) is 4.79 Å². The van der Waals surface area contributed by atoms with Crippen LogP contribution < -0.4 is 0 Å². The van der Waals surface area contributed by atoms with E-state index in [4.69, 9.17) is 0 Å². The van der Waals surface area contributed by atoms with Crippen LogP contribution in [-0.4, -0.2) is 60.4 Å². The summed E-state index contributed by atoms with van der Waals surface area (Å²) in [6.07, 6.45) is -3.75. The molecule has 0 aromatic heterocycles. The molecule has 0 spiro atoms. The minimum atomic E-state index is -4.17. The number of hydrogen-bond donors (Lipinski definition) is 0. The van der Waals surface area contributed by atoms with E-state index < -0.39 is 12.7 Å². The summed E-state index contributed by atoms with van der Waals surface area (Å²) in [5.74, 6) is 0.709. The van der Waals surface area contributed by atoms with E-state index in [1.54, 1.807) is 16.7 Å². The van der Waals surface area contributed by atoms with Gasteiger partial charge >= 0.3 is 6.18 Å². The van der Waals surface area contributed by atoms with E-state index in [0.717, 1.165) is 4.90 Å². The van der Waals surface area contributed by atoms with E-state index in [1.807, 2.05) is 30.3 Å². The molecule has 0 atom stereocenters. The van der Waals surface area contributed by atoms with Crippen LogP contribution in [0.3, 0.4) is 0 Å². The van der Waals surface area contributed by atoms with Crippen molar-refractivity contribution in [2.24, 2.45) is 0 Å². The van der Waals surface area contributed by atoms with Gasteiger partial charge in [0.15, 0.2) is 0 Å². The number of amides is 1. The van der Waals surface area contributed by atoms with Crippen LogP contribution in [0.15, 0.2) is 35.2 Å². The monoisotopic (exact) mass is 368 g/mol. The topological polar surface area (TPSA) is 23.6 Å². The fourth-order valence-electron chi connectivity index (χ4n) is 2.34. The third-order valence-electron chi connectivity index (χ3n) is 3.46. The third kappa shape index (κ3) is 7.46.